The third-order valence-corrected chi connectivity index (χ3v) is 2.38. The normalized spacial score (nSPS) is 24.6. The lowest BCUT2D eigenvalue weighted by atomic mass is 9.99. The van der Waals surface area contributed by atoms with Crippen molar-refractivity contribution in [3.63, 3.8) is 0 Å². The van der Waals surface area contributed by atoms with E-state index in [9.17, 15) is 9.59 Å². The number of hydrogen-bond donors (Lipinski definition) is 2. The predicted octanol–water partition coefficient (Wildman–Crippen LogP) is 1.21. The van der Waals surface area contributed by atoms with E-state index in [2.05, 4.69) is 16.7 Å². The molecule has 4 heteroatoms. The van der Waals surface area contributed by atoms with Crippen LogP contribution < -0.4 is 10.6 Å². The summed E-state index contributed by atoms with van der Waals surface area (Å²) in [6.45, 7) is 0. The van der Waals surface area contributed by atoms with Crippen LogP contribution in [-0.4, -0.2) is 11.9 Å². The molecule has 0 aromatic carbocycles. The summed E-state index contributed by atoms with van der Waals surface area (Å²) in [5, 5.41) is 4.64. The van der Waals surface area contributed by atoms with Gasteiger partial charge in [0.2, 0.25) is 0 Å². The van der Waals surface area contributed by atoms with Crippen molar-refractivity contribution in [2.75, 3.05) is 0 Å². The monoisotopic (exact) mass is 192 g/mol. The molecule has 1 heterocycles. The average molecular weight is 192 g/mol. The first-order chi connectivity index (χ1) is 6.75. The first kappa shape index (κ1) is 8.99. The number of rotatable bonds is 1. The summed E-state index contributed by atoms with van der Waals surface area (Å²) in [4.78, 5) is 22.0. The summed E-state index contributed by atoms with van der Waals surface area (Å²) in [6, 6.07) is -0.433. The van der Waals surface area contributed by atoms with E-state index >= 15 is 0 Å². The highest BCUT2D eigenvalue weighted by molar-refractivity contribution is 6.11. The molecule has 0 bridgehead atoms. The number of imide groups is 1. The molecule has 0 spiro atoms. The highest BCUT2D eigenvalue weighted by Gasteiger charge is 2.22. The van der Waals surface area contributed by atoms with Crippen molar-refractivity contribution in [3.05, 3.63) is 23.4 Å². The molecule has 0 aromatic rings. The third-order valence-electron chi connectivity index (χ3n) is 2.38. The van der Waals surface area contributed by atoms with Gasteiger partial charge in [0.15, 0.2) is 0 Å². The van der Waals surface area contributed by atoms with E-state index in [1.165, 1.54) is 6.42 Å². The van der Waals surface area contributed by atoms with E-state index in [1.54, 1.807) is 6.08 Å². The second kappa shape index (κ2) is 3.65. The van der Waals surface area contributed by atoms with Gasteiger partial charge in [-0.1, -0.05) is 6.08 Å². The van der Waals surface area contributed by atoms with E-state index in [-0.39, 0.29) is 5.91 Å². The van der Waals surface area contributed by atoms with Gasteiger partial charge in [-0.05, 0) is 37.3 Å². The van der Waals surface area contributed by atoms with E-state index < -0.39 is 6.03 Å². The maximum absolute atomic E-state index is 11.2. The van der Waals surface area contributed by atoms with Crippen LogP contribution in [0.15, 0.2) is 23.4 Å². The molecule has 0 atom stereocenters. The van der Waals surface area contributed by atoms with Crippen molar-refractivity contribution >= 4 is 11.9 Å². The zero-order valence-corrected chi connectivity index (χ0v) is 7.80. The average Bonchev–Trinajstić information content (AvgIpc) is 2.47. The molecule has 0 radical (unpaired) electrons. The van der Waals surface area contributed by atoms with Gasteiger partial charge in [0.05, 0.1) is 0 Å². The van der Waals surface area contributed by atoms with Gasteiger partial charge in [-0.3, -0.25) is 10.1 Å². The van der Waals surface area contributed by atoms with Crippen LogP contribution in [0.1, 0.15) is 25.7 Å². The number of carbonyl (C=O) groups excluding carboxylic acids is 2. The molecule has 0 saturated carbocycles. The van der Waals surface area contributed by atoms with Crippen molar-refractivity contribution in [1.29, 1.82) is 0 Å². The Kier molecular flexibility index (Phi) is 2.35. The van der Waals surface area contributed by atoms with Crippen molar-refractivity contribution < 1.29 is 9.59 Å². The van der Waals surface area contributed by atoms with Gasteiger partial charge in [0.1, 0.15) is 5.70 Å². The van der Waals surface area contributed by atoms with Crippen LogP contribution in [0.3, 0.4) is 0 Å². The van der Waals surface area contributed by atoms with Crippen molar-refractivity contribution in [1.82, 2.24) is 10.6 Å². The highest BCUT2D eigenvalue weighted by Crippen LogP contribution is 2.19. The Balaban J connectivity index is 2.13. The fourth-order valence-electron chi connectivity index (χ4n) is 1.66. The predicted molar refractivity (Wildman–Crippen MR) is 51.3 cm³/mol. The molecule has 0 unspecified atom stereocenters. The zero-order chi connectivity index (χ0) is 9.97. The van der Waals surface area contributed by atoms with E-state index in [1.807, 2.05) is 0 Å². The quantitative estimate of drug-likeness (QED) is 0.484. The van der Waals surface area contributed by atoms with Crippen LogP contribution in [-0.2, 0) is 4.79 Å². The maximum atomic E-state index is 11.2. The number of nitrogens with one attached hydrogen (secondary N) is 2. The van der Waals surface area contributed by atoms with Gasteiger partial charge in [-0.2, -0.15) is 0 Å². The summed E-state index contributed by atoms with van der Waals surface area (Å²) in [5.74, 6) is -0.332. The molecule has 1 aliphatic heterocycles. The minimum atomic E-state index is -0.433. The summed E-state index contributed by atoms with van der Waals surface area (Å²) < 4.78 is 0. The standard InChI is InChI=1S/C10H12N2O2/c13-9-8(11-10(14)12-9)6-7-4-2-1-3-5-7/h4,6H,1-3,5H2,(H2,11,12,13,14). The van der Waals surface area contributed by atoms with Crippen molar-refractivity contribution in [3.8, 4) is 0 Å². The van der Waals surface area contributed by atoms with Crippen molar-refractivity contribution in [2.45, 2.75) is 25.7 Å². The maximum Gasteiger partial charge on any atom is 0.326 e. The molecule has 14 heavy (non-hydrogen) atoms. The lowest BCUT2D eigenvalue weighted by molar-refractivity contribution is -0.115. The minimum absolute atomic E-state index is 0.332. The lowest BCUT2D eigenvalue weighted by Crippen LogP contribution is -2.22. The van der Waals surface area contributed by atoms with Crippen LogP contribution >= 0.6 is 0 Å². The van der Waals surface area contributed by atoms with Gasteiger partial charge >= 0.3 is 6.03 Å². The Morgan fingerprint density at radius 3 is 2.64 bits per heavy atom. The zero-order valence-electron chi connectivity index (χ0n) is 7.80. The van der Waals surface area contributed by atoms with E-state index in [4.69, 9.17) is 0 Å². The van der Waals surface area contributed by atoms with Crippen molar-refractivity contribution in [2.24, 2.45) is 0 Å². The van der Waals surface area contributed by atoms with Gasteiger partial charge in [-0.25, -0.2) is 4.79 Å². The molecule has 74 valence electrons. The summed E-state index contributed by atoms with van der Waals surface area (Å²) >= 11 is 0. The molecule has 1 aliphatic carbocycles. The van der Waals surface area contributed by atoms with Crippen LogP contribution in [0.2, 0.25) is 0 Å². The second-order valence-electron chi connectivity index (χ2n) is 3.49. The third kappa shape index (κ3) is 1.84. The minimum Gasteiger partial charge on any atom is -0.303 e. The Bertz CT molecular complexity index is 342. The highest BCUT2D eigenvalue weighted by atomic mass is 16.2. The fourth-order valence-corrected chi connectivity index (χ4v) is 1.66. The van der Waals surface area contributed by atoms with Gasteiger partial charge in [0, 0.05) is 0 Å². The SMILES string of the molecule is O=C1NC(=O)C(=CC2=CCCCC2)N1. The van der Waals surface area contributed by atoms with Gasteiger partial charge < -0.3 is 5.32 Å². The number of amides is 3. The van der Waals surface area contributed by atoms with Gasteiger partial charge in [-0.15, -0.1) is 0 Å². The largest absolute Gasteiger partial charge is 0.326 e. The molecule has 0 aromatic heterocycles. The number of hydrogen-bond acceptors (Lipinski definition) is 2. The Morgan fingerprint density at radius 1 is 1.21 bits per heavy atom. The Hall–Kier alpha value is -1.58. The topological polar surface area (TPSA) is 58.2 Å². The van der Waals surface area contributed by atoms with Crippen LogP contribution in [0.5, 0.6) is 0 Å². The van der Waals surface area contributed by atoms with Crippen LogP contribution in [0.25, 0.3) is 0 Å². The molecule has 3 amide bonds. The molecule has 2 N–H and O–H groups in total. The fraction of sp³-hybridized carbons (Fsp3) is 0.400. The van der Waals surface area contributed by atoms with E-state index in [0.717, 1.165) is 24.8 Å². The molecule has 2 rings (SSSR count). The molecule has 2 aliphatic rings. The van der Waals surface area contributed by atoms with E-state index in [0.29, 0.717) is 5.70 Å². The molecule has 1 saturated heterocycles. The molecular formula is C10H12N2O2. The summed E-state index contributed by atoms with van der Waals surface area (Å²) in [6.07, 6.45) is 8.31. The molecule has 1 fully saturated rings. The lowest BCUT2D eigenvalue weighted by Gasteiger charge is -2.08. The Morgan fingerprint density at radius 2 is 2.07 bits per heavy atom. The summed E-state index contributed by atoms with van der Waals surface area (Å²) in [7, 11) is 0. The smallest absolute Gasteiger partial charge is 0.303 e. The number of carbonyl (C=O) groups is 2. The molecule has 4 nitrogen and oxygen atoms in total. The van der Waals surface area contributed by atoms with Gasteiger partial charge in [0.25, 0.3) is 5.91 Å². The summed E-state index contributed by atoms with van der Waals surface area (Å²) in [5.41, 5.74) is 1.51. The number of urea groups is 1. The molecular weight excluding hydrogens is 180 g/mol. The van der Waals surface area contributed by atoms with Crippen LogP contribution in [0, 0.1) is 0 Å². The Labute approximate surface area is 82.1 Å². The first-order valence-corrected chi connectivity index (χ1v) is 4.79. The first-order valence-electron chi connectivity index (χ1n) is 4.79. The van der Waals surface area contributed by atoms with Crippen LogP contribution in [0.4, 0.5) is 4.79 Å². The second-order valence-corrected chi connectivity index (χ2v) is 3.49. The number of allylic oxidation sites excluding steroid dienone is 3.